The molecule has 0 aliphatic heterocycles. The first kappa shape index (κ1) is 27.4. The molecule has 188 valence electrons. The molecule has 2 aromatic rings. The van der Waals surface area contributed by atoms with Crippen LogP contribution < -0.4 is 10.6 Å². The first-order chi connectivity index (χ1) is 16.9. The van der Waals surface area contributed by atoms with Crippen molar-refractivity contribution in [2.75, 3.05) is 13.2 Å². The molecule has 0 saturated carbocycles. The van der Waals surface area contributed by atoms with Gasteiger partial charge < -0.3 is 24.8 Å². The molecule has 9 heteroatoms. The van der Waals surface area contributed by atoms with Crippen LogP contribution in [0.25, 0.3) is 0 Å². The van der Waals surface area contributed by atoms with E-state index in [1.807, 2.05) is 48.5 Å². The largest absolute Gasteiger partial charge is 0.466 e. The third kappa shape index (κ3) is 10.3. The molecule has 35 heavy (non-hydrogen) atoms. The van der Waals surface area contributed by atoms with Crippen LogP contribution in [0.4, 0.5) is 4.79 Å². The van der Waals surface area contributed by atoms with E-state index < -0.39 is 36.0 Å². The van der Waals surface area contributed by atoms with Crippen LogP contribution in [-0.4, -0.2) is 49.2 Å². The molecule has 0 radical (unpaired) electrons. The number of hydrogen-bond acceptors (Lipinski definition) is 7. The van der Waals surface area contributed by atoms with Crippen LogP contribution in [0.3, 0.4) is 0 Å². The third-order valence-corrected chi connectivity index (χ3v) is 4.93. The predicted molar refractivity (Wildman–Crippen MR) is 128 cm³/mol. The molecule has 0 saturated heterocycles. The Morgan fingerprint density at radius 2 is 1.34 bits per heavy atom. The highest BCUT2D eigenvalue weighted by atomic mass is 16.5. The Hall–Kier alpha value is -3.88. The maximum atomic E-state index is 13.1. The van der Waals surface area contributed by atoms with E-state index in [9.17, 15) is 19.2 Å². The van der Waals surface area contributed by atoms with Crippen LogP contribution in [0.1, 0.15) is 37.8 Å². The summed E-state index contributed by atoms with van der Waals surface area (Å²) in [5.41, 5.74) is 1.60. The Bertz CT molecular complexity index is 951. The van der Waals surface area contributed by atoms with Gasteiger partial charge >= 0.3 is 18.0 Å². The van der Waals surface area contributed by atoms with Crippen molar-refractivity contribution in [2.45, 2.75) is 51.8 Å². The standard InChI is InChI=1S/C26H32N2O7/c1-3-33-23(29)16-15-21(28-26(32)35-18-20-13-9-6-10-14-20)24(30)27-22(25(31)34-4-2)17-19-11-7-5-8-12-19/h5-14,21-22H,3-4,15-18H2,1-2H3,(H,27,30)(H,28,32)/t21-,22-/m0/s1. The lowest BCUT2D eigenvalue weighted by Gasteiger charge is -2.22. The summed E-state index contributed by atoms with van der Waals surface area (Å²) in [6.45, 7) is 3.71. The van der Waals surface area contributed by atoms with Gasteiger partial charge in [0.15, 0.2) is 0 Å². The van der Waals surface area contributed by atoms with Crippen molar-refractivity contribution in [3.05, 3.63) is 71.8 Å². The van der Waals surface area contributed by atoms with Crippen molar-refractivity contribution in [3.8, 4) is 0 Å². The lowest BCUT2D eigenvalue weighted by Crippen LogP contribution is -2.52. The van der Waals surface area contributed by atoms with Gasteiger partial charge in [0, 0.05) is 12.8 Å². The number of nitrogens with one attached hydrogen (secondary N) is 2. The Balaban J connectivity index is 2.08. The second-order valence-electron chi connectivity index (χ2n) is 7.61. The minimum Gasteiger partial charge on any atom is -0.466 e. The monoisotopic (exact) mass is 484 g/mol. The van der Waals surface area contributed by atoms with Gasteiger partial charge in [0.25, 0.3) is 0 Å². The average Bonchev–Trinajstić information content (AvgIpc) is 2.86. The van der Waals surface area contributed by atoms with Gasteiger partial charge in [-0.25, -0.2) is 9.59 Å². The number of benzene rings is 2. The molecule has 2 rings (SSSR count). The van der Waals surface area contributed by atoms with Gasteiger partial charge in [-0.3, -0.25) is 9.59 Å². The number of carbonyl (C=O) groups is 4. The molecular formula is C26H32N2O7. The molecule has 0 aromatic heterocycles. The number of esters is 2. The lowest BCUT2D eigenvalue weighted by molar-refractivity contribution is -0.148. The highest BCUT2D eigenvalue weighted by Gasteiger charge is 2.28. The van der Waals surface area contributed by atoms with Crippen molar-refractivity contribution in [2.24, 2.45) is 0 Å². The lowest BCUT2D eigenvalue weighted by atomic mass is 10.0. The molecule has 9 nitrogen and oxygen atoms in total. The summed E-state index contributed by atoms with van der Waals surface area (Å²) < 4.78 is 15.3. The molecule has 0 aliphatic carbocycles. The van der Waals surface area contributed by atoms with Gasteiger partial charge in [-0.2, -0.15) is 0 Å². The van der Waals surface area contributed by atoms with E-state index in [1.54, 1.807) is 26.0 Å². The molecule has 0 heterocycles. The SMILES string of the molecule is CCOC(=O)CC[C@H](NC(=O)OCc1ccccc1)C(=O)N[C@@H](Cc1ccccc1)C(=O)OCC. The molecule has 0 spiro atoms. The minimum absolute atomic E-state index is 0.0122. The number of rotatable bonds is 13. The zero-order valence-corrected chi connectivity index (χ0v) is 20.0. The van der Waals surface area contributed by atoms with Gasteiger partial charge in [0.1, 0.15) is 18.7 Å². The van der Waals surface area contributed by atoms with Crippen LogP contribution in [0.15, 0.2) is 60.7 Å². The highest BCUT2D eigenvalue weighted by Crippen LogP contribution is 2.08. The molecule has 2 amide bonds. The second-order valence-corrected chi connectivity index (χ2v) is 7.61. The van der Waals surface area contributed by atoms with Crippen molar-refractivity contribution in [3.63, 3.8) is 0 Å². The number of alkyl carbamates (subject to hydrolysis) is 1. The van der Waals surface area contributed by atoms with Gasteiger partial charge in [0.2, 0.25) is 5.91 Å². The summed E-state index contributed by atoms with van der Waals surface area (Å²) in [6, 6.07) is 16.1. The molecular weight excluding hydrogens is 452 g/mol. The van der Waals surface area contributed by atoms with Gasteiger partial charge in [-0.1, -0.05) is 60.7 Å². The van der Waals surface area contributed by atoms with Crippen molar-refractivity contribution < 1.29 is 33.4 Å². The van der Waals surface area contributed by atoms with E-state index in [-0.39, 0.29) is 39.1 Å². The first-order valence-corrected chi connectivity index (χ1v) is 11.6. The van der Waals surface area contributed by atoms with Crippen molar-refractivity contribution in [1.82, 2.24) is 10.6 Å². The van der Waals surface area contributed by atoms with Crippen molar-refractivity contribution >= 4 is 23.9 Å². The van der Waals surface area contributed by atoms with Gasteiger partial charge in [-0.15, -0.1) is 0 Å². The van der Waals surface area contributed by atoms with E-state index in [2.05, 4.69) is 10.6 Å². The highest BCUT2D eigenvalue weighted by molar-refractivity contribution is 5.90. The van der Waals surface area contributed by atoms with Crippen LogP contribution in [0.2, 0.25) is 0 Å². The second kappa shape index (κ2) is 15.1. The zero-order valence-electron chi connectivity index (χ0n) is 20.0. The first-order valence-electron chi connectivity index (χ1n) is 11.6. The van der Waals surface area contributed by atoms with E-state index in [0.717, 1.165) is 11.1 Å². The molecule has 2 aromatic carbocycles. The number of ether oxygens (including phenoxy) is 3. The van der Waals surface area contributed by atoms with Crippen LogP contribution in [0, 0.1) is 0 Å². The Morgan fingerprint density at radius 1 is 0.743 bits per heavy atom. The predicted octanol–water partition coefficient (Wildman–Crippen LogP) is 2.92. The number of carbonyl (C=O) groups excluding carboxylic acids is 4. The maximum Gasteiger partial charge on any atom is 0.408 e. The molecule has 0 aliphatic rings. The van der Waals surface area contributed by atoms with Crippen LogP contribution >= 0.6 is 0 Å². The molecule has 2 N–H and O–H groups in total. The molecule has 0 unspecified atom stereocenters. The van der Waals surface area contributed by atoms with Gasteiger partial charge in [-0.05, 0) is 31.4 Å². The molecule has 0 bridgehead atoms. The molecule has 0 fully saturated rings. The quantitative estimate of drug-likeness (QED) is 0.331. The van der Waals surface area contributed by atoms with E-state index >= 15 is 0 Å². The fourth-order valence-corrected chi connectivity index (χ4v) is 3.23. The smallest absolute Gasteiger partial charge is 0.408 e. The average molecular weight is 485 g/mol. The Morgan fingerprint density at radius 3 is 1.94 bits per heavy atom. The summed E-state index contributed by atoms with van der Waals surface area (Å²) in [5.74, 6) is -1.74. The summed E-state index contributed by atoms with van der Waals surface area (Å²) >= 11 is 0. The van der Waals surface area contributed by atoms with Crippen LogP contribution in [-0.2, 0) is 41.6 Å². The Kier molecular flexibility index (Phi) is 11.8. The normalized spacial score (nSPS) is 12.1. The van der Waals surface area contributed by atoms with Gasteiger partial charge in [0.05, 0.1) is 13.2 Å². The number of amides is 2. The fraction of sp³-hybridized carbons (Fsp3) is 0.385. The molecule has 2 atom stereocenters. The summed E-state index contributed by atoms with van der Waals surface area (Å²) in [7, 11) is 0. The van der Waals surface area contributed by atoms with E-state index in [0.29, 0.717) is 0 Å². The van der Waals surface area contributed by atoms with Crippen molar-refractivity contribution in [1.29, 1.82) is 0 Å². The van der Waals surface area contributed by atoms with Crippen LogP contribution in [0.5, 0.6) is 0 Å². The summed E-state index contributed by atoms with van der Waals surface area (Å²) in [5, 5.41) is 5.14. The van der Waals surface area contributed by atoms with E-state index in [4.69, 9.17) is 14.2 Å². The third-order valence-electron chi connectivity index (χ3n) is 4.93. The maximum absolute atomic E-state index is 13.1. The Labute approximate surface area is 205 Å². The summed E-state index contributed by atoms with van der Waals surface area (Å²) in [4.78, 5) is 49.9. The fourth-order valence-electron chi connectivity index (χ4n) is 3.23. The minimum atomic E-state index is -1.13. The summed E-state index contributed by atoms with van der Waals surface area (Å²) in [6.07, 6.45) is -0.762. The van der Waals surface area contributed by atoms with E-state index in [1.165, 1.54) is 0 Å². The topological polar surface area (TPSA) is 120 Å². The zero-order chi connectivity index (χ0) is 25.5. The number of hydrogen-bond donors (Lipinski definition) is 2.